The zero-order chi connectivity index (χ0) is 11.6. The second-order valence-electron chi connectivity index (χ2n) is 3.92. The molecular formula is C11H22N2O3. The van der Waals surface area contributed by atoms with Crippen molar-refractivity contribution in [3.8, 4) is 0 Å². The number of hydrogen-bond donors (Lipinski definition) is 2. The van der Waals surface area contributed by atoms with E-state index in [1.165, 1.54) is 0 Å². The smallest absolute Gasteiger partial charge is 0.223 e. The number of rotatable bonds is 10. The molecule has 5 heteroatoms. The Balaban J connectivity index is 1.72. The van der Waals surface area contributed by atoms with Gasteiger partial charge in [-0.2, -0.15) is 0 Å². The number of hydrogen-bond acceptors (Lipinski definition) is 4. The number of amides is 1. The minimum atomic E-state index is 0.207. The molecule has 1 aliphatic rings. The Bertz CT molecular complexity index is 196. The van der Waals surface area contributed by atoms with Gasteiger partial charge in [-0.05, 0) is 12.8 Å². The molecule has 0 radical (unpaired) electrons. The number of ether oxygens (including phenoxy) is 2. The molecule has 0 spiro atoms. The summed E-state index contributed by atoms with van der Waals surface area (Å²) in [7, 11) is 1.66. The van der Waals surface area contributed by atoms with E-state index in [1.807, 2.05) is 0 Å². The first-order valence-corrected chi connectivity index (χ1v) is 5.89. The molecule has 1 rings (SSSR count). The monoisotopic (exact) mass is 230 g/mol. The van der Waals surface area contributed by atoms with Crippen molar-refractivity contribution >= 4 is 5.91 Å². The van der Waals surface area contributed by atoms with E-state index in [1.54, 1.807) is 7.11 Å². The summed E-state index contributed by atoms with van der Waals surface area (Å²) in [5.74, 6) is 0.510. The third kappa shape index (κ3) is 6.76. The van der Waals surface area contributed by atoms with E-state index in [4.69, 9.17) is 9.47 Å². The molecule has 5 nitrogen and oxygen atoms in total. The summed E-state index contributed by atoms with van der Waals surface area (Å²) in [6.45, 7) is 4.26. The van der Waals surface area contributed by atoms with Gasteiger partial charge in [-0.15, -0.1) is 0 Å². The molecule has 1 saturated carbocycles. The van der Waals surface area contributed by atoms with Crippen LogP contribution in [-0.4, -0.2) is 52.5 Å². The summed E-state index contributed by atoms with van der Waals surface area (Å²) in [6, 6.07) is 0. The van der Waals surface area contributed by atoms with E-state index < -0.39 is 0 Å². The molecule has 0 atom stereocenters. The maximum absolute atomic E-state index is 11.2. The molecule has 1 amide bonds. The van der Waals surface area contributed by atoms with E-state index in [2.05, 4.69) is 10.6 Å². The molecule has 16 heavy (non-hydrogen) atoms. The van der Waals surface area contributed by atoms with Gasteiger partial charge in [-0.25, -0.2) is 0 Å². The van der Waals surface area contributed by atoms with Gasteiger partial charge in [0.05, 0.1) is 19.8 Å². The molecule has 1 aliphatic carbocycles. The SMILES string of the molecule is COCCOCCNCCNC(=O)C1CC1. The molecule has 0 aliphatic heterocycles. The zero-order valence-electron chi connectivity index (χ0n) is 9.96. The molecule has 94 valence electrons. The highest BCUT2D eigenvalue weighted by Crippen LogP contribution is 2.28. The molecule has 2 N–H and O–H groups in total. The summed E-state index contributed by atoms with van der Waals surface area (Å²) < 4.78 is 10.1. The van der Waals surface area contributed by atoms with Crippen molar-refractivity contribution in [1.29, 1.82) is 0 Å². The minimum absolute atomic E-state index is 0.207. The number of nitrogens with one attached hydrogen (secondary N) is 2. The van der Waals surface area contributed by atoms with Crippen molar-refractivity contribution in [1.82, 2.24) is 10.6 Å². The van der Waals surface area contributed by atoms with Crippen molar-refractivity contribution in [2.45, 2.75) is 12.8 Å². The molecule has 1 fully saturated rings. The van der Waals surface area contributed by atoms with Crippen molar-refractivity contribution in [3.63, 3.8) is 0 Å². The average molecular weight is 230 g/mol. The second-order valence-corrected chi connectivity index (χ2v) is 3.92. The van der Waals surface area contributed by atoms with E-state index >= 15 is 0 Å². The first-order chi connectivity index (χ1) is 7.84. The van der Waals surface area contributed by atoms with Gasteiger partial charge in [0.2, 0.25) is 5.91 Å². The maximum Gasteiger partial charge on any atom is 0.223 e. The van der Waals surface area contributed by atoms with Gasteiger partial charge in [-0.1, -0.05) is 0 Å². The average Bonchev–Trinajstić information content (AvgIpc) is 3.10. The van der Waals surface area contributed by atoms with Gasteiger partial charge in [-0.3, -0.25) is 4.79 Å². The fourth-order valence-corrected chi connectivity index (χ4v) is 1.28. The third-order valence-corrected chi connectivity index (χ3v) is 2.40. The van der Waals surface area contributed by atoms with E-state index in [-0.39, 0.29) is 5.91 Å². The van der Waals surface area contributed by atoms with Gasteiger partial charge < -0.3 is 20.1 Å². The van der Waals surface area contributed by atoms with Crippen LogP contribution in [0.3, 0.4) is 0 Å². The van der Waals surface area contributed by atoms with Gasteiger partial charge in [0, 0.05) is 32.7 Å². The van der Waals surface area contributed by atoms with Gasteiger partial charge in [0.15, 0.2) is 0 Å². The van der Waals surface area contributed by atoms with Gasteiger partial charge >= 0.3 is 0 Å². The van der Waals surface area contributed by atoms with Crippen LogP contribution in [0.5, 0.6) is 0 Å². The fourth-order valence-electron chi connectivity index (χ4n) is 1.28. The Morgan fingerprint density at radius 1 is 1.19 bits per heavy atom. The quantitative estimate of drug-likeness (QED) is 0.509. The Hall–Kier alpha value is -0.650. The van der Waals surface area contributed by atoms with Crippen LogP contribution in [-0.2, 0) is 14.3 Å². The first kappa shape index (κ1) is 13.4. The molecule has 0 unspecified atom stereocenters. The van der Waals surface area contributed by atoms with Crippen LogP contribution in [0, 0.1) is 5.92 Å². The Kier molecular flexibility index (Phi) is 7.12. The fraction of sp³-hybridized carbons (Fsp3) is 0.909. The van der Waals surface area contributed by atoms with Crippen LogP contribution in [0.1, 0.15) is 12.8 Å². The van der Waals surface area contributed by atoms with Gasteiger partial charge in [0.1, 0.15) is 0 Å². The van der Waals surface area contributed by atoms with Crippen LogP contribution >= 0.6 is 0 Å². The van der Waals surface area contributed by atoms with Crippen LogP contribution in [0.4, 0.5) is 0 Å². The van der Waals surface area contributed by atoms with E-state index in [9.17, 15) is 4.79 Å². The zero-order valence-corrected chi connectivity index (χ0v) is 9.96. The minimum Gasteiger partial charge on any atom is -0.382 e. The highest BCUT2D eigenvalue weighted by atomic mass is 16.5. The molecule has 0 aromatic heterocycles. The first-order valence-electron chi connectivity index (χ1n) is 5.89. The van der Waals surface area contributed by atoms with Crippen molar-refractivity contribution in [2.24, 2.45) is 5.92 Å². The lowest BCUT2D eigenvalue weighted by molar-refractivity contribution is -0.122. The lowest BCUT2D eigenvalue weighted by Gasteiger charge is -2.06. The highest BCUT2D eigenvalue weighted by molar-refractivity contribution is 5.80. The normalized spacial score (nSPS) is 15.1. The lowest BCUT2D eigenvalue weighted by Crippen LogP contribution is -2.33. The van der Waals surface area contributed by atoms with Crippen molar-refractivity contribution < 1.29 is 14.3 Å². The standard InChI is InChI=1S/C11H22N2O3/c1-15-8-9-16-7-6-12-4-5-13-11(14)10-2-3-10/h10,12H,2-9H2,1H3,(H,13,14). The molecule has 0 heterocycles. The highest BCUT2D eigenvalue weighted by Gasteiger charge is 2.28. The predicted molar refractivity (Wildman–Crippen MR) is 61.3 cm³/mol. The molecule has 0 saturated heterocycles. The Morgan fingerprint density at radius 3 is 2.69 bits per heavy atom. The van der Waals surface area contributed by atoms with Crippen molar-refractivity contribution in [2.75, 3.05) is 46.6 Å². The molecule has 0 bridgehead atoms. The van der Waals surface area contributed by atoms with E-state index in [0.29, 0.717) is 32.3 Å². The van der Waals surface area contributed by atoms with Crippen LogP contribution in [0.2, 0.25) is 0 Å². The lowest BCUT2D eigenvalue weighted by atomic mass is 10.4. The summed E-state index contributed by atoms with van der Waals surface area (Å²) in [4.78, 5) is 11.2. The number of carbonyl (C=O) groups excluding carboxylic acids is 1. The second kappa shape index (κ2) is 8.50. The molecular weight excluding hydrogens is 208 g/mol. The Labute approximate surface area is 96.9 Å². The van der Waals surface area contributed by atoms with E-state index in [0.717, 1.165) is 25.9 Å². The summed E-state index contributed by atoms with van der Waals surface area (Å²) in [5.41, 5.74) is 0. The van der Waals surface area contributed by atoms with Crippen LogP contribution in [0.15, 0.2) is 0 Å². The molecule has 0 aromatic rings. The summed E-state index contributed by atoms with van der Waals surface area (Å²) in [6.07, 6.45) is 2.12. The summed E-state index contributed by atoms with van der Waals surface area (Å²) in [5, 5.41) is 6.09. The topological polar surface area (TPSA) is 59.6 Å². The Morgan fingerprint density at radius 2 is 2.00 bits per heavy atom. The third-order valence-electron chi connectivity index (χ3n) is 2.40. The maximum atomic E-state index is 11.2. The molecule has 0 aromatic carbocycles. The number of carbonyl (C=O) groups is 1. The van der Waals surface area contributed by atoms with Gasteiger partial charge in [0.25, 0.3) is 0 Å². The largest absolute Gasteiger partial charge is 0.382 e. The van der Waals surface area contributed by atoms with Crippen LogP contribution < -0.4 is 10.6 Å². The predicted octanol–water partition coefficient (Wildman–Crippen LogP) is -0.235. The van der Waals surface area contributed by atoms with Crippen LogP contribution in [0.25, 0.3) is 0 Å². The number of methoxy groups -OCH3 is 1. The van der Waals surface area contributed by atoms with Crippen molar-refractivity contribution in [3.05, 3.63) is 0 Å². The summed E-state index contributed by atoms with van der Waals surface area (Å²) >= 11 is 0.